The van der Waals surface area contributed by atoms with E-state index in [1.54, 1.807) is 0 Å². The highest BCUT2D eigenvalue weighted by molar-refractivity contribution is 7.22. The second-order valence-electron chi connectivity index (χ2n) is 6.68. The van der Waals surface area contributed by atoms with Crippen LogP contribution in [0.3, 0.4) is 0 Å². The molecule has 0 spiro atoms. The summed E-state index contributed by atoms with van der Waals surface area (Å²) >= 11 is 1.35. The molecule has 4 nitrogen and oxygen atoms in total. The first-order valence-electron chi connectivity index (χ1n) is 8.64. The van der Waals surface area contributed by atoms with Crippen LogP contribution in [0.15, 0.2) is 36.4 Å². The summed E-state index contributed by atoms with van der Waals surface area (Å²) in [5, 5.41) is 0.446. The zero-order valence-electron chi connectivity index (χ0n) is 15.9. The van der Waals surface area contributed by atoms with E-state index in [1.165, 1.54) is 22.3 Å². The molecule has 0 bridgehead atoms. The summed E-state index contributed by atoms with van der Waals surface area (Å²) in [7, 11) is 3.87. The van der Waals surface area contributed by atoms with Gasteiger partial charge in [0.15, 0.2) is 5.13 Å². The van der Waals surface area contributed by atoms with E-state index in [9.17, 15) is 13.6 Å². The third-order valence-corrected chi connectivity index (χ3v) is 5.21. The number of rotatable bonds is 6. The Morgan fingerprint density at radius 2 is 1.79 bits per heavy atom. The minimum Gasteiger partial charge on any atom is -0.309 e. The summed E-state index contributed by atoms with van der Waals surface area (Å²) < 4.78 is 29.3. The van der Waals surface area contributed by atoms with Crippen molar-refractivity contribution in [2.45, 2.75) is 13.3 Å². The first-order valence-corrected chi connectivity index (χ1v) is 9.46. The van der Waals surface area contributed by atoms with Gasteiger partial charge in [0.1, 0.15) is 17.2 Å². The van der Waals surface area contributed by atoms with Crippen molar-refractivity contribution in [1.82, 2.24) is 9.88 Å². The molecule has 28 heavy (non-hydrogen) atoms. The number of aryl methyl sites for hydroxylation is 1. The Bertz CT molecular complexity index is 957. The lowest BCUT2D eigenvalue weighted by molar-refractivity contribution is 0.0978. The van der Waals surface area contributed by atoms with Gasteiger partial charge < -0.3 is 4.90 Å². The fourth-order valence-electron chi connectivity index (χ4n) is 2.80. The SMILES string of the molecule is Cc1ccc2nc(N(CCCN(C)C)C(=O)c3c(F)cccc3F)sc2c1.Cl. The van der Waals surface area contributed by atoms with E-state index in [-0.39, 0.29) is 12.4 Å². The third-order valence-electron chi connectivity index (χ3n) is 4.17. The number of hydrogen-bond acceptors (Lipinski definition) is 4. The molecule has 0 atom stereocenters. The van der Waals surface area contributed by atoms with Crippen LogP contribution in [0.4, 0.5) is 13.9 Å². The zero-order chi connectivity index (χ0) is 19.6. The Morgan fingerprint density at radius 1 is 1.11 bits per heavy atom. The average molecular weight is 426 g/mol. The van der Waals surface area contributed by atoms with Crippen LogP contribution in [-0.4, -0.2) is 43.0 Å². The second-order valence-corrected chi connectivity index (χ2v) is 7.69. The molecule has 150 valence electrons. The van der Waals surface area contributed by atoms with E-state index >= 15 is 0 Å². The van der Waals surface area contributed by atoms with Crippen LogP contribution in [0, 0.1) is 18.6 Å². The zero-order valence-corrected chi connectivity index (χ0v) is 17.5. The number of carbonyl (C=O) groups is 1. The lowest BCUT2D eigenvalue weighted by atomic mass is 10.1. The Kier molecular flexibility index (Phi) is 7.46. The molecule has 1 amide bonds. The van der Waals surface area contributed by atoms with Gasteiger partial charge in [-0.25, -0.2) is 13.8 Å². The second kappa shape index (κ2) is 9.41. The number of thiazole rings is 1. The van der Waals surface area contributed by atoms with Crippen LogP contribution in [0.5, 0.6) is 0 Å². The summed E-state index contributed by atoms with van der Waals surface area (Å²) in [6.45, 7) is 3.05. The molecule has 0 saturated carbocycles. The molecule has 2 aromatic carbocycles. The number of fused-ring (bicyclic) bond motifs is 1. The molecule has 8 heteroatoms. The number of nitrogens with zero attached hydrogens (tertiary/aromatic N) is 3. The predicted molar refractivity (Wildman–Crippen MR) is 113 cm³/mol. The van der Waals surface area contributed by atoms with Gasteiger partial charge in [0.05, 0.1) is 10.2 Å². The van der Waals surface area contributed by atoms with Gasteiger partial charge in [-0.3, -0.25) is 9.69 Å². The number of halogens is 3. The Balaban J connectivity index is 0.00000280. The molecule has 1 heterocycles. The van der Waals surface area contributed by atoms with Crippen LogP contribution in [0.1, 0.15) is 22.3 Å². The number of amides is 1. The van der Waals surface area contributed by atoms with E-state index in [0.717, 1.165) is 34.5 Å². The molecule has 0 unspecified atom stereocenters. The van der Waals surface area contributed by atoms with Crippen LogP contribution >= 0.6 is 23.7 Å². The Hall–Kier alpha value is -2.09. The van der Waals surface area contributed by atoms with Crippen molar-refractivity contribution < 1.29 is 13.6 Å². The number of carbonyl (C=O) groups excluding carboxylic acids is 1. The molecule has 0 aliphatic heterocycles. The van der Waals surface area contributed by atoms with Crippen molar-refractivity contribution in [3.8, 4) is 0 Å². The maximum Gasteiger partial charge on any atom is 0.266 e. The molecule has 0 N–H and O–H groups in total. The molecule has 0 fully saturated rings. The molecule has 0 radical (unpaired) electrons. The first kappa shape index (κ1) is 22.2. The summed E-state index contributed by atoms with van der Waals surface area (Å²) in [5.41, 5.74) is 1.31. The smallest absolute Gasteiger partial charge is 0.266 e. The molecule has 0 aliphatic carbocycles. The van der Waals surface area contributed by atoms with Crippen LogP contribution in [0.2, 0.25) is 0 Å². The van der Waals surface area contributed by atoms with Crippen molar-refractivity contribution >= 4 is 45.0 Å². The number of anilines is 1. The van der Waals surface area contributed by atoms with Gasteiger partial charge in [-0.1, -0.05) is 23.5 Å². The fourth-order valence-corrected chi connectivity index (χ4v) is 3.89. The van der Waals surface area contributed by atoms with E-state index in [0.29, 0.717) is 18.1 Å². The minimum atomic E-state index is -0.866. The van der Waals surface area contributed by atoms with Crippen molar-refractivity contribution in [2.24, 2.45) is 0 Å². The maximum atomic E-state index is 14.2. The number of hydrogen-bond donors (Lipinski definition) is 0. The topological polar surface area (TPSA) is 36.4 Å². The number of benzene rings is 2. The molecular weight excluding hydrogens is 404 g/mol. The van der Waals surface area contributed by atoms with Gasteiger partial charge in [0.2, 0.25) is 0 Å². The quantitative estimate of drug-likeness (QED) is 0.563. The number of aromatic nitrogens is 1. The van der Waals surface area contributed by atoms with Gasteiger partial charge in [-0.2, -0.15) is 0 Å². The summed E-state index contributed by atoms with van der Waals surface area (Å²) in [5.74, 6) is -2.44. The van der Waals surface area contributed by atoms with Gasteiger partial charge in [0.25, 0.3) is 5.91 Å². The van der Waals surface area contributed by atoms with E-state index in [2.05, 4.69) is 4.98 Å². The van der Waals surface area contributed by atoms with Crippen molar-refractivity contribution in [2.75, 3.05) is 32.1 Å². The predicted octanol–water partition coefficient (Wildman–Crippen LogP) is 4.90. The molecule has 1 aromatic heterocycles. The Labute approximate surface area is 173 Å². The van der Waals surface area contributed by atoms with E-state index in [1.807, 2.05) is 44.1 Å². The van der Waals surface area contributed by atoms with Crippen molar-refractivity contribution in [3.05, 3.63) is 59.2 Å². The van der Waals surface area contributed by atoms with Gasteiger partial charge in [0, 0.05) is 6.54 Å². The average Bonchev–Trinajstić information content (AvgIpc) is 3.00. The van der Waals surface area contributed by atoms with Gasteiger partial charge >= 0.3 is 0 Å². The lowest BCUT2D eigenvalue weighted by Gasteiger charge is -2.21. The van der Waals surface area contributed by atoms with Crippen LogP contribution in [0.25, 0.3) is 10.2 Å². The molecule has 3 rings (SSSR count). The molecule has 0 aliphatic rings. The van der Waals surface area contributed by atoms with Crippen molar-refractivity contribution in [3.63, 3.8) is 0 Å². The lowest BCUT2D eigenvalue weighted by Crippen LogP contribution is -2.34. The Morgan fingerprint density at radius 3 is 2.43 bits per heavy atom. The van der Waals surface area contributed by atoms with Crippen molar-refractivity contribution in [1.29, 1.82) is 0 Å². The highest BCUT2D eigenvalue weighted by Gasteiger charge is 2.26. The summed E-state index contributed by atoms with van der Waals surface area (Å²) in [4.78, 5) is 20.9. The first-order chi connectivity index (χ1) is 12.9. The van der Waals surface area contributed by atoms with Crippen LogP contribution in [-0.2, 0) is 0 Å². The summed E-state index contributed by atoms with van der Waals surface area (Å²) in [6.07, 6.45) is 0.657. The molecule has 3 aromatic rings. The normalized spacial score (nSPS) is 10.9. The van der Waals surface area contributed by atoms with E-state index < -0.39 is 23.1 Å². The summed E-state index contributed by atoms with van der Waals surface area (Å²) in [6, 6.07) is 9.25. The fraction of sp³-hybridized carbons (Fsp3) is 0.300. The molecule has 0 saturated heterocycles. The van der Waals surface area contributed by atoms with Gasteiger partial charge in [-0.05, 0) is 63.8 Å². The monoisotopic (exact) mass is 425 g/mol. The highest BCUT2D eigenvalue weighted by Crippen LogP contribution is 2.31. The molecular formula is C20H22ClF2N3OS. The third kappa shape index (κ3) is 4.84. The largest absolute Gasteiger partial charge is 0.309 e. The highest BCUT2D eigenvalue weighted by atomic mass is 35.5. The van der Waals surface area contributed by atoms with Crippen LogP contribution < -0.4 is 4.90 Å². The minimum absolute atomic E-state index is 0. The van der Waals surface area contributed by atoms with Gasteiger partial charge in [-0.15, -0.1) is 12.4 Å². The maximum absolute atomic E-state index is 14.2. The van der Waals surface area contributed by atoms with E-state index in [4.69, 9.17) is 0 Å². The standard InChI is InChI=1S/C20H21F2N3OS.ClH/c1-13-8-9-16-17(12-13)27-20(23-16)25(11-5-10-24(2)3)19(26)18-14(21)6-4-7-15(18)22;/h4,6-9,12H,5,10-11H2,1-3H3;1H.